The number of nitrogens with one attached hydrogen (secondary N) is 1. The molecule has 0 radical (unpaired) electrons. The maximum absolute atomic E-state index is 13.0. The zero-order chi connectivity index (χ0) is 19.3. The second-order valence-electron chi connectivity index (χ2n) is 9.69. The smallest absolute Gasteiger partial charge is 0.317 e. The summed E-state index contributed by atoms with van der Waals surface area (Å²) in [6.07, 6.45) is 16.7. The third-order valence-corrected chi connectivity index (χ3v) is 7.84. The van der Waals surface area contributed by atoms with Gasteiger partial charge in [-0.15, -0.1) is 0 Å². The molecule has 2 saturated heterocycles. The fourth-order valence-electron chi connectivity index (χ4n) is 6.16. The summed E-state index contributed by atoms with van der Waals surface area (Å²) in [4.78, 5) is 29.9. The topological polar surface area (TPSA) is 52.7 Å². The Balaban J connectivity index is 1.24. The van der Waals surface area contributed by atoms with Crippen LogP contribution in [0.25, 0.3) is 0 Å². The Labute approximate surface area is 170 Å². The Hall–Kier alpha value is -1.26. The number of hydrogen-bond acceptors (Lipinski definition) is 2. The van der Waals surface area contributed by atoms with Crippen LogP contribution < -0.4 is 5.32 Å². The molecule has 0 unspecified atom stereocenters. The van der Waals surface area contributed by atoms with E-state index >= 15 is 0 Å². The van der Waals surface area contributed by atoms with Gasteiger partial charge in [-0.25, -0.2) is 4.79 Å². The average Bonchev–Trinajstić information content (AvgIpc) is 3.25. The Morgan fingerprint density at radius 2 is 1.32 bits per heavy atom. The maximum atomic E-state index is 13.0. The van der Waals surface area contributed by atoms with Gasteiger partial charge in [0.05, 0.1) is 0 Å². The SMILES string of the molecule is O=C(C1CCCCC1)N1CCC(NC(=O)N2CCC[C@H]2C2CCCCC2)CC1. The number of amides is 3. The number of nitrogens with zero attached hydrogens (tertiary/aromatic N) is 2. The molecular formula is C23H39N3O2. The zero-order valence-electron chi connectivity index (χ0n) is 17.5. The highest BCUT2D eigenvalue weighted by molar-refractivity contribution is 5.79. The molecule has 0 spiro atoms. The Morgan fingerprint density at radius 1 is 0.679 bits per heavy atom. The van der Waals surface area contributed by atoms with Crippen molar-refractivity contribution in [1.29, 1.82) is 0 Å². The van der Waals surface area contributed by atoms with Crippen molar-refractivity contribution in [2.45, 2.75) is 102 Å². The summed E-state index contributed by atoms with van der Waals surface area (Å²) in [5.74, 6) is 1.36. The Morgan fingerprint density at radius 3 is 2.00 bits per heavy atom. The second-order valence-corrected chi connectivity index (χ2v) is 9.69. The van der Waals surface area contributed by atoms with Gasteiger partial charge in [-0.1, -0.05) is 38.5 Å². The first-order valence-electron chi connectivity index (χ1n) is 12.1. The summed E-state index contributed by atoms with van der Waals surface area (Å²) in [6, 6.07) is 0.855. The molecule has 2 aliphatic heterocycles. The van der Waals surface area contributed by atoms with Gasteiger partial charge in [0.15, 0.2) is 0 Å². The van der Waals surface area contributed by atoms with Crippen LogP contribution in [0, 0.1) is 11.8 Å². The molecule has 2 saturated carbocycles. The molecule has 158 valence electrons. The first-order valence-corrected chi connectivity index (χ1v) is 12.1. The number of likely N-dealkylation sites (tertiary alicyclic amines) is 2. The predicted molar refractivity (Wildman–Crippen MR) is 111 cm³/mol. The lowest BCUT2D eigenvalue weighted by Gasteiger charge is -2.38. The van der Waals surface area contributed by atoms with Gasteiger partial charge in [-0.2, -0.15) is 0 Å². The highest BCUT2D eigenvalue weighted by Crippen LogP contribution is 2.34. The lowest BCUT2D eigenvalue weighted by Crippen LogP contribution is -2.52. The predicted octanol–water partition coefficient (Wildman–Crippen LogP) is 4.31. The lowest BCUT2D eigenvalue weighted by molar-refractivity contribution is -0.137. The molecule has 3 amide bonds. The van der Waals surface area contributed by atoms with Crippen molar-refractivity contribution in [3.05, 3.63) is 0 Å². The van der Waals surface area contributed by atoms with E-state index in [4.69, 9.17) is 0 Å². The van der Waals surface area contributed by atoms with E-state index < -0.39 is 0 Å². The molecule has 2 heterocycles. The molecule has 0 bridgehead atoms. The van der Waals surface area contributed by atoms with Crippen molar-refractivity contribution < 1.29 is 9.59 Å². The van der Waals surface area contributed by atoms with E-state index in [9.17, 15) is 9.59 Å². The first kappa shape index (κ1) is 20.0. The van der Waals surface area contributed by atoms with E-state index in [1.54, 1.807) is 0 Å². The first-order chi connectivity index (χ1) is 13.7. The molecule has 4 rings (SSSR count). The fourth-order valence-corrected chi connectivity index (χ4v) is 6.16. The van der Waals surface area contributed by atoms with Crippen LogP contribution in [0.5, 0.6) is 0 Å². The standard InChI is InChI=1S/C23H39N3O2/c27-22(19-10-5-2-6-11-19)25-16-13-20(14-17-25)24-23(28)26-15-7-12-21(26)18-8-3-1-4-9-18/h18-21H,1-17H2,(H,24,28)/t21-/m0/s1. The van der Waals surface area contributed by atoms with Gasteiger partial charge >= 0.3 is 6.03 Å². The van der Waals surface area contributed by atoms with Crippen molar-refractivity contribution in [1.82, 2.24) is 15.1 Å². The van der Waals surface area contributed by atoms with Gasteiger partial charge in [-0.05, 0) is 57.3 Å². The van der Waals surface area contributed by atoms with E-state index in [0.717, 1.165) is 57.7 Å². The molecular weight excluding hydrogens is 350 g/mol. The number of hydrogen-bond donors (Lipinski definition) is 1. The van der Waals surface area contributed by atoms with Crippen molar-refractivity contribution in [2.75, 3.05) is 19.6 Å². The normalized spacial score (nSPS) is 28.5. The van der Waals surface area contributed by atoms with Gasteiger partial charge in [0.2, 0.25) is 5.91 Å². The molecule has 0 aromatic heterocycles. The van der Waals surface area contributed by atoms with Crippen LogP contribution in [0.4, 0.5) is 4.79 Å². The number of rotatable bonds is 3. The molecule has 1 atom stereocenters. The molecule has 5 nitrogen and oxygen atoms in total. The van der Waals surface area contributed by atoms with E-state index in [1.807, 2.05) is 0 Å². The van der Waals surface area contributed by atoms with E-state index in [1.165, 1.54) is 57.8 Å². The molecule has 28 heavy (non-hydrogen) atoms. The molecule has 5 heteroatoms. The van der Waals surface area contributed by atoms with Gasteiger partial charge < -0.3 is 15.1 Å². The summed E-state index contributed by atoms with van der Waals surface area (Å²) in [5, 5.41) is 3.32. The minimum absolute atomic E-state index is 0.158. The number of urea groups is 1. The molecule has 4 aliphatic rings. The third-order valence-electron chi connectivity index (χ3n) is 7.84. The van der Waals surface area contributed by atoms with Crippen LogP contribution in [-0.2, 0) is 4.79 Å². The number of carbonyl (C=O) groups excluding carboxylic acids is 2. The van der Waals surface area contributed by atoms with Crippen LogP contribution >= 0.6 is 0 Å². The quantitative estimate of drug-likeness (QED) is 0.782. The summed E-state index contributed by atoms with van der Waals surface area (Å²) in [5.41, 5.74) is 0. The minimum Gasteiger partial charge on any atom is -0.342 e. The van der Waals surface area contributed by atoms with Crippen molar-refractivity contribution in [3.8, 4) is 0 Å². The minimum atomic E-state index is 0.158. The maximum Gasteiger partial charge on any atom is 0.317 e. The van der Waals surface area contributed by atoms with Crippen molar-refractivity contribution in [3.63, 3.8) is 0 Å². The summed E-state index contributed by atoms with van der Waals surface area (Å²) < 4.78 is 0. The highest BCUT2D eigenvalue weighted by atomic mass is 16.2. The Bertz CT molecular complexity index is 532. The second kappa shape index (κ2) is 9.49. The Kier molecular flexibility index (Phi) is 6.79. The molecule has 1 N–H and O–H groups in total. The van der Waals surface area contributed by atoms with Crippen LogP contribution in [0.1, 0.15) is 89.9 Å². The van der Waals surface area contributed by atoms with E-state index in [2.05, 4.69) is 15.1 Å². The average molecular weight is 390 g/mol. The van der Waals surface area contributed by atoms with Gasteiger partial charge in [0.1, 0.15) is 0 Å². The lowest BCUT2D eigenvalue weighted by atomic mass is 9.83. The monoisotopic (exact) mass is 389 g/mol. The van der Waals surface area contributed by atoms with Crippen LogP contribution in [0.2, 0.25) is 0 Å². The largest absolute Gasteiger partial charge is 0.342 e. The molecule has 0 aromatic rings. The van der Waals surface area contributed by atoms with Crippen LogP contribution in [0.3, 0.4) is 0 Å². The third kappa shape index (κ3) is 4.65. The number of piperidine rings is 1. The zero-order valence-corrected chi connectivity index (χ0v) is 17.5. The summed E-state index contributed by atoms with van der Waals surface area (Å²) >= 11 is 0. The van der Waals surface area contributed by atoms with E-state index in [0.29, 0.717) is 11.9 Å². The van der Waals surface area contributed by atoms with Crippen molar-refractivity contribution >= 4 is 11.9 Å². The van der Waals surface area contributed by atoms with Gasteiger partial charge in [0, 0.05) is 37.6 Å². The molecule has 0 aromatic carbocycles. The molecule has 4 fully saturated rings. The van der Waals surface area contributed by atoms with Gasteiger partial charge in [0.25, 0.3) is 0 Å². The van der Waals surface area contributed by atoms with Crippen LogP contribution in [-0.4, -0.2) is 53.5 Å². The fraction of sp³-hybridized carbons (Fsp3) is 0.913. The van der Waals surface area contributed by atoms with E-state index in [-0.39, 0.29) is 18.0 Å². The summed E-state index contributed by atoms with van der Waals surface area (Å²) in [6.45, 7) is 2.55. The highest BCUT2D eigenvalue weighted by Gasteiger charge is 2.36. The number of carbonyl (C=O) groups is 2. The molecule has 2 aliphatic carbocycles. The van der Waals surface area contributed by atoms with Gasteiger partial charge in [-0.3, -0.25) is 4.79 Å². The van der Waals surface area contributed by atoms with Crippen molar-refractivity contribution in [2.24, 2.45) is 11.8 Å². The summed E-state index contributed by atoms with van der Waals surface area (Å²) in [7, 11) is 0. The van der Waals surface area contributed by atoms with Crippen LogP contribution in [0.15, 0.2) is 0 Å².